The lowest BCUT2D eigenvalue weighted by atomic mass is 9.87. The van der Waals surface area contributed by atoms with Gasteiger partial charge in [0.25, 0.3) is 0 Å². The van der Waals surface area contributed by atoms with E-state index in [1.165, 1.54) is 33.4 Å². The number of hydrogen-bond acceptors (Lipinski definition) is 3. The van der Waals surface area contributed by atoms with Crippen molar-refractivity contribution in [3.05, 3.63) is 107 Å². The molecular weight excluding hydrogens is 476 g/mol. The van der Waals surface area contributed by atoms with Crippen LogP contribution in [-0.2, 0) is 6.42 Å². The van der Waals surface area contributed by atoms with Crippen molar-refractivity contribution in [3.8, 4) is 33.6 Å². The molecule has 194 valence electrons. The second-order valence-electron chi connectivity index (χ2n) is 11.9. The largest absolute Gasteiger partial charge is 0.437 e. The zero-order valence-corrected chi connectivity index (χ0v) is 23.6. The lowest BCUT2D eigenvalue weighted by molar-refractivity contribution is 0.410. The molecule has 3 aromatic heterocycles. The first kappa shape index (κ1) is 25.1. The molecule has 0 aliphatic carbocycles. The highest BCUT2D eigenvalue weighted by Crippen LogP contribution is 2.38. The van der Waals surface area contributed by atoms with Crippen LogP contribution in [0.2, 0.25) is 0 Å². The maximum absolute atomic E-state index is 6.47. The van der Waals surface area contributed by atoms with Crippen molar-refractivity contribution in [3.63, 3.8) is 0 Å². The van der Waals surface area contributed by atoms with Crippen molar-refractivity contribution in [2.75, 3.05) is 0 Å². The number of pyridine rings is 2. The third kappa shape index (κ3) is 4.74. The van der Waals surface area contributed by atoms with Crippen molar-refractivity contribution in [1.29, 1.82) is 0 Å². The molecule has 0 amide bonds. The van der Waals surface area contributed by atoms with E-state index in [4.69, 9.17) is 14.4 Å². The summed E-state index contributed by atoms with van der Waals surface area (Å²) in [5, 5.41) is 2.08. The molecular formula is C36H34N2O. The monoisotopic (exact) mass is 510 g/mol. The molecule has 0 unspecified atom stereocenters. The Kier molecular flexibility index (Phi) is 6.10. The number of nitrogens with zero attached hydrogens (tertiary/aromatic N) is 2. The lowest BCUT2D eigenvalue weighted by Gasteiger charge is -2.19. The third-order valence-corrected chi connectivity index (χ3v) is 7.48. The Morgan fingerprint density at radius 2 is 1.44 bits per heavy atom. The Morgan fingerprint density at radius 3 is 2.13 bits per heavy atom. The average Bonchev–Trinajstić information content (AvgIpc) is 3.27. The maximum Gasteiger partial charge on any atom is 0.227 e. The SMILES string of the molecule is Cc1cc(-c2cccc3c2oc2nc(-c4c(C)cc(-c5ccccc5)cc4C)ccc23)ncc1CC(C)(C)C. The summed E-state index contributed by atoms with van der Waals surface area (Å²) in [4.78, 5) is 9.88. The van der Waals surface area contributed by atoms with Gasteiger partial charge in [-0.2, -0.15) is 0 Å². The van der Waals surface area contributed by atoms with Gasteiger partial charge in [0.15, 0.2) is 0 Å². The highest BCUT2D eigenvalue weighted by atomic mass is 16.3. The maximum atomic E-state index is 6.47. The van der Waals surface area contributed by atoms with Gasteiger partial charge in [-0.25, -0.2) is 4.98 Å². The van der Waals surface area contributed by atoms with Crippen LogP contribution in [0.3, 0.4) is 0 Å². The summed E-state index contributed by atoms with van der Waals surface area (Å²) in [5.74, 6) is 0. The van der Waals surface area contributed by atoms with E-state index < -0.39 is 0 Å². The molecule has 0 saturated heterocycles. The van der Waals surface area contributed by atoms with Crippen molar-refractivity contribution in [1.82, 2.24) is 9.97 Å². The smallest absolute Gasteiger partial charge is 0.227 e. The van der Waals surface area contributed by atoms with Gasteiger partial charge in [-0.3, -0.25) is 4.98 Å². The molecule has 0 radical (unpaired) electrons. The highest BCUT2D eigenvalue weighted by molar-refractivity contribution is 6.08. The normalized spacial score (nSPS) is 11.9. The first-order valence-electron chi connectivity index (χ1n) is 13.6. The van der Waals surface area contributed by atoms with E-state index in [0.29, 0.717) is 5.71 Å². The fourth-order valence-corrected chi connectivity index (χ4v) is 5.67. The Balaban J connectivity index is 1.43. The van der Waals surface area contributed by atoms with E-state index in [1.54, 1.807) is 0 Å². The molecule has 0 spiro atoms. The highest BCUT2D eigenvalue weighted by Gasteiger charge is 2.18. The van der Waals surface area contributed by atoms with E-state index in [-0.39, 0.29) is 5.41 Å². The molecule has 0 fully saturated rings. The van der Waals surface area contributed by atoms with E-state index in [1.807, 2.05) is 6.20 Å². The molecule has 0 aliphatic rings. The zero-order valence-electron chi connectivity index (χ0n) is 23.6. The molecule has 0 saturated carbocycles. The summed E-state index contributed by atoms with van der Waals surface area (Å²) in [6.45, 7) is 13.3. The van der Waals surface area contributed by atoms with Gasteiger partial charge in [0, 0.05) is 28.1 Å². The second kappa shape index (κ2) is 9.50. The average molecular weight is 511 g/mol. The van der Waals surface area contributed by atoms with Gasteiger partial charge < -0.3 is 4.42 Å². The molecule has 3 aromatic carbocycles. The summed E-state index contributed by atoms with van der Waals surface area (Å²) in [6, 6.07) is 27.7. The van der Waals surface area contributed by atoms with Crippen LogP contribution in [0.5, 0.6) is 0 Å². The minimum Gasteiger partial charge on any atom is -0.437 e. The summed E-state index contributed by atoms with van der Waals surface area (Å²) in [6.07, 6.45) is 3.03. The molecule has 3 heterocycles. The van der Waals surface area contributed by atoms with Gasteiger partial charge in [-0.05, 0) is 90.3 Å². The molecule has 39 heavy (non-hydrogen) atoms. The van der Waals surface area contributed by atoms with Crippen LogP contribution in [0.4, 0.5) is 0 Å². The summed E-state index contributed by atoms with van der Waals surface area (Å²) in [7, 11) is 0. The van der Waals surface area contributed by atoms with Crippen LogP contribution in [0.1, 0.15) is 43.0 Å². The lowest BCUT2D eigenvalue weighted by Crippen LogP contribution is -2.10. The van der Waals surface area contributed by atoms with Crippen molar-refractivity contribution < 1.29 is 4.42 Å². The Bertz CT molecular complexity index is 1820. The quantitative estimate of drug-likeness (QED) is 0.237. The third-order valence-electron chi connectivity index (χ3n) is 7.48. The van der Waals surface area contributed by atoms with E-state index in [2.05, 4.69) is 120 Å². The Hall–Kier alpha value is -4.24. The Labute approximate surface area is 230 Å². The molecule has 0 atom stereocenters. The minimum absolute atomic E-state index is 0.217. The standard InChI is InChI=1S/C36H34N2O/c1-22-19-32(37-21-27(22)20-36(4,5)6)30-14-10-13-28-29-15-16-31(38-35(29)39-34(28)30)33-23(2)17-26(18-24(33)3)25-11-8-7-9-12-25/h7-19,21H,20H2,1-6H3. The summed E-state index contributed by atoms with van der Waals surface area (Å²) < 4.78 is 6.47. The number of para-hydroxylation sites is 1. The van der Waals surface area contributed by atoms with Crippen molar-refractivity contribution >= 4 is 22.1 Å². The first-order valence-corrected chi connectivity index (χ1v) is 13.6. The van der Waals surface area contributed by atoms with Gasteiger partial charge in [-0.1, -0.05) is 75.4 Å². The number of aryl methyl sites for hydroxylation is 3. The Morgan fingerprint density at radius 1 is 0.692 bits per heavy atom. The summed E-state index contributed by atoms with van der Waals surface area (Å²) >= 11 is 0. The zero-order chi connectivity index (χ0) is 27.3. The number of benzene rings is 3. The number of fused-ring (bicyclic) bond motifs is 3. The van der Waals surface area contributed by atoms with Gasteiger partial charge in [0.2, 0.25) is 5.71 Å². The predicted molar refractivity (Wildman–Crippen MR) is 163 cm³/mol. The van der Waals surface area contributed by atoms with Crippen molar-refractivity contribution in [2.24, 2.45) is 5.41 Å². The fourth-order valence-electron chi connectivity index (χ4n) is 5.67. The van der Waals surface area contributed by atoms with Crippen LogP contribution in [0.25, 0.3) is 55.7 Å². The van der Waals surface area contributed by atoms with Crippen LogP contribution in [0, 0.1) is 26.2 Å². The molecule has 0 bridgehead atoms. The number of hydrogen-bond donors (Lipinski definition) is 0. The van der Waals surface area contributed by atoms with Crippen LogP contribution in [0.15, 0.2) is 89.5 Å². The molecule has 3 heteroatoms. The minimum atomic E-state index is 0.217. The molecule has 0 N–H and O–H groups in total. The topological polar surface area (TPSA) is 38.9 Å². The predicted octanol–water partition coefficient (Wildman–Crippen LogP) is 9.89. The van der Waals surface area contributed by atoms with E-state index >= 15 is 0 Å². The summed E-state index contributed by atoms with van der Waals surface area (Å²) in [5.41, 5.74) is 13.1. The number of rotatable bonds is 4. The van der Waals surface area contributed by atoms with Gasteiger partial charge in [0.1, 0.15) is 5.58 Å². The van der Waals surface area contributed by atoms with Crippen molar-refractivity contribution in [2.45, 2.75) is 48.0 Å². The fraction of sp³-hybridized carbons (Fsp3) is 0.222. The molecule has 6 aromatic rings. The second-order valence-corrected chi connectivity index (χ2v) is 11.9. The van der Waals surface area contributed by atoms with E-state index in [0.717, 1.165) is 45.3 Å². The molecule has 0 aliphatic heterocycles. The van der Waals surface area contributed by atoms with Crippen LogP contribution in [-0.4, -0.2) is 9.97 Å². The van der Waals surface area contributed by atoms with E-state index in [9.17, 15) is 0 Å². The van der Waals surface area contributed by atoms with Gasteiger partial charge in [0.05, 0.1) is 11.4 Å². The first-order chi connectivity index (χ1) is 18.7. The number of furan rings is 1. The molecule has 6 rings (SSSR count). The van der Waals surface area contributed by atoms with Gasteiger partial charge >= 0.3 is 0 Å². The number of aromatic nitrogens is 2. The van der Waals surface area contributed by atoms with Crippen LogP contribution >= 0.6 is 0 Å². The molecule has 3 nitrogen and oxygen atoms in total. The van der Waals surface area contributed by atoms with Crippen LogP contribution < -0.4 is 0 Å². The van der Waals surface area contributed by atoms with Gasteiger partial charge in [-0.15, -0.1) is 0 Å².